The van der Waals surface area contributed by atoms with Gasteiger partial charge in [0.05, 0.1) is 40.5 Å². The van der Waals surface area contributed by atoms with Crippen LogP contribution in [0, 0.1) is 6.92 Å². The number of aromatic nitrogens is 4. The van der Waals surface area contributed by atoms with Crippen LogP contribution < -0.4 is 30.0 Å². The summed E-state index contributed by atoms with van der Waals surface area (Å²) in [6.07, 6.45) is 0. The highest BCUT2D eigenvalue weighted by Gasteiger charge is 2.21. The molecule has 2 heterocycles. The van der Waals surface area contributed by atoms with E-state index in [4.69, 9.17) is 29.1 Å². The third-order valence-electron chi connectivity index (χ3n) is 5.43. The molecule has 0 aliphatic carbocycles. The molecule has 36 heavy (non-hydrogen) atoms. The first-order valence-corrected chi connectivity index (χ1v) is 10.8. The maximum Gasteiger partial charge on any atom is 0.280 e. The molecule has 2 aromatic carbocycles. The van der Waals surface area contributed by atoms with Crippen LogP contribution in [0.3, 0.4) is 0 Å². The number of hydrogen-bond acceptors (Lipinski definition) is 10. The molecule has 0 saturated carbocycles. The Morgan fingerprint density at radius 3 is 2.33 bits per heavy atom. The summed E-state index contributed by atoms with van der Waals surface area (Å²) in [7, 11) is 6.17. The molecule has 1 amide bonds. The standard InChI is InChI=1S/C24H26N6O6/c1-13-19(27-24(36-13)18-7-6-15(32-2)11-20(18)35-5)12-30-22(25)21(28-29-30)23(31)26-14-8-16(33-3)10-17(9-14)34-4/h6-11H,12,25H2,1-5H3,(H,26,31). The molecule has 4 rings (SSSR count). The second kappa shape index (κ2) is 10.3. The molecular formula is C24H26N6O6. The van der Waals surface area contributed by atoms with Crippen molar-refractivity contribution >= 4 is 17.4 Å². The summed E-state index contributed by atoms with van der Waals surface area (Å²) in [5, 5.41) is 10.7. The summed E-state index contributed by atoms with van der Waals surface area (Å²) >= 11 is 0. The molecule has 3 N–H and O–H groups in total. The zero-order valence-corrected chi connectivity index (χ0v) is 20.5. The van der Waals surface area contributed by atoms with Gasteiger partial charge in [-0.15, -0.1) is 5.10 Å². The molecule has 188 valence electrons. The smallest absolute Gasteiger partial charge is 0.280 e. The fourth-order valence-corrected chi connectivity index (χ4v) is 3.48. The Bertz CT molecular complexity index is 1370. The fourth-order valence-electron chi connectivity index (χ4n) is 3.48. The van der Waals surface area contributed by atoms with Gasteiger partial charge in [0, 0.05) is 30.0 Å². The first kappa shape index (κ1) is 24.4. The minimum Gasteiger partial charge on any atom is -0.497 e. The second-order valence-corrected chi connectivity index (χ2v) is 7.62. The number of carbonyl (C=O) groups is 1. The fraction of sp³-hybridized carbons (Fsp3) is 0.250. The normalized spacial score (nSPS) is 10.7. The Labute approximate surface area is 206 Å². The van der Waals surface area contributed by atoms with E-state index >= 15 is 0 Å². The minimum absolute atomic E-state index is 0.0324. The van der Waals surface area contributed by atoms with Crippen LogP contribution in [0.4, 0.5) is 11.5 Å². The lowest BCUT2D eigenvalue weighted by atomic mass is 10.2. The van der Waals surface area contributed by atoms with Crippen molar-refractivity contribution in [2.45, 2.75) is 13.5 Å². The van der Waals surface area contributed by atoms with Crippen molar-refractivity contribution in [1.29, 1.82) is 0 Å². The molecule has 0 radical (unpaired) electrons. The average molecular weight is 495 g/mol. The number of hydrogen-bond donors (Lipinski definition) is 2. The van der Waals surface area contributed by atoms with Gasteiger partial charge in [-0.1, -0.05) is 5.21 Å². The molecule has 0 aliphatic heterocycles. The number of rotatable bonds is 9. The number of aryl methyl sites for hydroxylation is 1. The highest BCUT2D eigenvalue weighted by atomic mass is 16.5. The lowest BCUT2D eigenvalue weighted by molar-refractivity contribution is 0.102. The summed E-state index contributed by atoms with van der Waals surface area (Å²) in [6, 6.07) is 10.3. The minimum atomic E-state index is -0.533. The van der Waals surface area contributed by atoms with Gasteiger partial charge in [-0.3, -0.25) is 4.79 Å². The number of carbonyl (C=O) groups excluding carboxylic acids is 1. The van der Waals surface area contributed by atoms with Gasteiger partial charge in [-0.2, -0.15) is 0 Å². The van der Waals surface area contributed by atoms with Crippen LogP contribution in [0.25, 0.3) is 11.5 Å². The van der Waals surface area contributed by atoms with Gasteiger partial charge in [0.25, 0.3) is 5.91 Å². The summed E-state index contributed by atoms with van der Waals surface area (Å²) in [4.78, 5) is 17.4. The van der Waals surface area contributed by atoms with Crippen LogP contribution in [-0.2, 0) is 6.54 Å². The van der Waals surface area contributed by atoms with Crippen molar-refractivity contribution in [2.75, 3.05) is 39.5 Å². The third-order valence-corrected chi connectivity index (χ3v) is 5.43. The first-order valence-electron chi connectivity index (χ1n) is 10.8. The molecule has 0 atom stereocenters. The van der Waals surface area contributed by atoms with E-state index in [1.54, 1.807) is 57.5 Å². The van der Waals surface area contributed by atoms with Gasteiger partial charge in [0.1, 0.15) is 34.5 Å². The molecule has 0 unspecified atom stereocenters. The highest BCUT2D eigenvalue weighted by molar-refractivity contribution is 6.05. The van der Waals surface area contributed by atoms with E-state index < -0.39 is 5.91 Å². The van der Waals surface area contributed by atoms with Gasteiger partial charge < -0.3 is 34.4 Å². The summed E-state index contributed by atoms with van der Waals surface area (Å²) < 4.78 is 28.4. The van der Waals surface area contributed by atoms with Crippen LogP contribution in [0.1, 0.15) is 21.9 Å². The van der Waals surface area contributed by atoms with Crippen molar-refractivity contribution in [3.63, 3.8) is 0 Å². The predicted molar refractivity (Wildman–Crippen MR) is 131 cm³/mol. The van der Waals surface area contributed by atoms with Gasteiger partial charge in [-0.05, 0) is 19.1 Å². The van der Waals surface area contributed by atoms with E-state index in [0.717, 1.165) is 0 Å². The van der Waals surface area contributed by atoms with Crippen molar-refractivity contribution in [3.8, 4) is 34.5 Å². The maximum atomic E-state index is 12.8. The number of nitrogens with two attached hydrogens (primary N) is 1. The molecule has 4 aromatic rings. The third kappa shape index (κ3) is 4.87. The second-order valence-electron chi connectivity index (χ2n) is 7.62. The summed E-state index contributed by atoms with van der Waals surface area (Å²) in [6.45, 7) is 1.92. The number of nitrogens with zero attached hydrogens (tertiary/aromatic N) is 4. The lowest BCUT2D eigenvalue weighted by Crippen LogP contribution is -2.15. The van der Waals surface area contributed by atoms with Gasteiger partial charge in [0.2, 0.25) is 5.89 Å². The SMILES string of the molecule is COc1cc(NC(=O)c2nnn(Cc3nc(-c4ccc(OC)cc4OC)oc3C)c2N)cc(OC)c1. The number of methoxy groups -OCH3 is 4. The molecular weight excluding hydrogens is 468 g/mol. The van der Waals surface area contributed by atoms with E-state index in [1.165, 1.54) is 18.9 Å². The number of ether oxygens (including phenoxy) is 4. The predicted octanol–water partition coefficient (Wildman–Crippen LogP) is 3.16. The Hall–Kier alpha value is -4.74. The van der Waals surface area contributed by atoms with Gasteiger partial charge in [0.15, 0.2) is 11.5 Å². The van der Waals surface area contributed by atoms with Crippen molar-refractivity contribution in [3.05, 3.63) is 53.5 Å². The highest BCUT2D eigenvalue weighted by Crippen LogP contribution is 2.34. The Kier molecular flexibility index (Phi) is 6.95. The number of amides is 1. The molecule has 0 bridgehead atoms. The zero-order chi connectivity index (χ0) is 25.8. The Morgan fingerprint density at radius 1 is 1.00 bits per heavy atom. The summed E-state index contributed by atoms with van der Waals surface area (Å²) in [5.74, 6) is 2.71. The topological polar surface area (TPSA) is 149 Å². The average Bonchev–Trinajstić information content (AvgIpc) is 3.45. The molecule has 12 heteroatoms. The van der Waals surface area contributed by atoms with Crippen LogP contribution in [0.2, 0.25) is 0 Å². The lowest BCUT2D eigenvalue weighted by Gasteiger charge is -2.09. The van der Waals surface area contributed by atoms with Crippen molar-refractivity contribution in [2.24, 2.45) is 0 Å². The first-order chi connectivity index (χ1) is 17.4. The maximum absolute atomic E-state index is 12.8. The molecule has 12 nitrogen and oxygen atoms in total. The summed E-state index contributed by atoms with van der Waals surface area (Å²) in [5.41, 5.74) is 7.85. The quantitative estimate of drug-likeness (QED) is 0.355. The zero-order valence-electron chi connectivity index (χ0n) is 20.5. The number of nitrogens with one attached hydrogen (secondary N) is 1. The van der Waals surface area contributed by atoms with Crippen molar-refractivity contribution in [1.82, 2.24) is 20.0 Å². The molecule has 0 aliphatic rings. The van der Waals surface area contributed by atoms with E-state index in [0.29, 0.717) is 51.6 Å². The number of oxazole rings is 1. The monoisotopic (exact) mass is 494 g/mol. The van der Waals surface area contributed by atoms with Gasteiger partial charge >= 0.3 is 0 Å². The van der Waals surface area contributed by atoms with Gasteiger partial charge in [-0.25, -0.2) is 9.67 Å². The Balaban J connectivity index is 1.55. The van der Waals surface area contributed by atoms with Crippen molar-refractivity contribution < 1.29 is 28.2 Å². The molecule has 2 aromatic heterocycles. The Morgan fingerprint density at radius 2 is 1.69 bits per heavy atom. The van der Waals surface area contributed by atoms with E-state index in [1.807, 2.05) is 0 Å². The van der Waals surface area contributed by atoms with Crippen LogP contribution >= 0.6 is 0 Å². The van der Waals surface area contributed by atoms with Crippen LogP contribution in [0.15, 0.2) is 40.8 Å². The van der Waals surface area contributed by atoms with E-state index in [9.17, 15) is 4.79 Å². The van der Waals surface area contributed by atoms with E-state index in [-0.39, 0.29) is 18.1 Å². The van der Waals surface area contributed by atoms with E-state index in [2.05, 4.69) is 20.6 Å². The number of nitrogen functional groups attached to an aromatic ring is 1. The number of anilines is 2. The van der Waals surface area contributed by atoms with Crippen LogP contribution in [0.5, 0.6) is 23.0 Å². The molecule has 0 fully saturated rings. The molecule has 0 saturated heterocycles. The largest absolute Gasteiger partial charge is 0.497 e. The van der Waals surface area contributed by atoms with Crippen LogP contribution in [-0.4, -0.2) is 54.3 Å². The number of benzene rings is 2. The molecule has 0 spiro atoms.